The maximum absolute atomic E-state index is 12.8. The molecule has 0 aliphatic carbocycles. The van der Waals surface area contributed by atoms with E-state index in [-0.39, 0.29) is 42.0 Å². The Kier molecular flexibility index (Phi) is 6.84. The molecule has 0 radical (unpaired) electrons. The number of likely N-dealkylation sites (tertiary alicyclic amines) is 1. The molecule has 2 saturated heterocycles. The summed E-state index contributed by atoms with van der Waals surface area (Å²) in [5.74, 6) is 0.707. The topological polar surface area (TPSA) is 88.2 Å². The zero-order valence-corrected chi connectivity index (χ0v) is 18.1. The SMILES string of the molecule is COc1ccc(N2C[C@@H](C(=O)NC3CCN(C(=O)C(C)C)CC3)CC2=O)cc1OC. The minimum atomic E-state index is -0.388. The monoisotopic (exact) mass is 417 g/mol. The number of methoxy groups -OCH3 is 2. The van der Waals surface area contributed by atoms with Gasteiger partial charge in [-0.25, -0.2) is 0 Å². The van der Waals surface area contributed by atoms with Crippen LogP contribution in [0.4, 0.5) is 5.69 Å². The first-order valence-electron chi connectivity index (χ1n) is 10.5. The first-order chi connectivity index (χ1) is 14.3. The molecule has 1 atom stereocenters. The lowest BCUT2D eigenvalue weighted by Crippen LogP contribution is -2.48. The molecule has 1 aromatic carbocycles. The highest BCUT2D eigenvalue weighted by atomic mass is 16.5. The average Bonchev–Trinajstić information content (AvgIpc) is 3.15. The van der Waals surface area contributed by atoms with Gasteiger partial charge in [-0.2, -0.15) is 0 Å². The van der Waals surface area contributed by atoms with Crippen LogP contribution in [-0.2, 0) is 14.4 Å². The molecule has 0 unspecified atom stereocenters. The molecule has 2 aliphatic heterocycles. The van der Waals surface area contributed by atoms with Crippen LogP contribution in [-0.4, -0.2) is 62.5 Å². The van der Waals surface area contributed by atoms with E-state index in [1.807, 2.05) is 18.7 Å². The Morgan fingerprint density at radius 1 is 1.10 bits per heavy atom. The van der Waals surface area contributed by atoms with Crippen molar-refractivity contribution in [3.8, 4) is 11.5 Å². The number of carbonyl (C=O) groups excluding carboxylic acids is 3. The predicted octanol–water partition coefficient (Wildman–Crippen LogP) is 1.82. The van der Waals surface area contributed by atoms with E-state index >= 15 is 0 Å². The van der Waals surface area contributed by atoms with Gasteiger partial charge in [-0.1, -0.05) is 13.8 Å². The third-order valence-electron chi connectivity index (χ3n) is 5.82. The van der Waals surface area contributed by atoms with Crippen LogP contribution in [0.2, 0.25) is 0 Å². The second-order valence-corrected chi connectivity index (χ2v) is 8.21. The number of benzene rings is 1. The predicted molar refractivity (Wildman–Crippen MR) is 113 cm³/mol. The van der Waals surface area contributed by atoms with Gasteiger partial charge in [0.2, 0.25) is 17.7 Å². The van der Waals surface area contributed by atoms with Crippen molar-refractivity contribution < 1.29 is 23.9 Å². The van der Waals surface area contributed by atoms with Crippen LogP contribution in [0.15, 0.2) is 18.2 Å². The second kappa shape index (κ2) is 9.36. The molecule has 1 aromatic rings. The van der Waals surface area contributed by atoms with Gasteiger partial charge in [-0.05, 0) is 25.0 Å². The van der Waals surface area contributed by atoms with Crippen LogP contribution in [0.3, 0.4) is 0 Å². The van der Waals surface area contributed by atoms with Crippen LogP contribution < -0.4 is 19.7 Å². The quantitative estimate of drug-likeness (QED) is 0.763. The Bertz CT molecular complexity index is 802. The van der Waals surface area contributed by atoms with E-state index < -0.39 is 0 Å². The van der Waals surface area contributed by atoms with Gasteiger partial charge in [0.05, 0.1) is 20.1 Å². The van der Waals surface area contributed by atoms with E-state index in [4.69, 9.17) is 9.47 Å². The number of hydrogen-bond donors (Lipinski definition) is 1. The molecule has 0 spiro atoms. The Morgan fingerprint density at radius 3 is 2.37 bits per heavy atom. The summed E-state index contributed by atoms with van der Waals surface area (Å²) in [7, 11) is 3.10. The van der Waals surface area contributed by atoms with Crippen molar-refractivity contribution in [3.05, 3.63) is 18.2 Å². The molecule has 1 N–H and O–H groups in total. The number of amides is 3. The molecule has 2 aliphatic rings. The molecule has 0 bridgehead atoms. The molecular formula is C22H31N3O5. The van der Waals surface area contributed by atoms with Crippen LogP contribution in [0, 0.1) is 11.8 Å². The minimum Gasteiger partial charge on any atom is -0.493 e. The van der Waals surface area contributed by atoms with Crippen molar-refractivity contribution in [1.82, 2.24) is 10.2 Å². The normalized spacial score (nSPS) is 19.9. The average molecular weight is 418 g/mol. The van der Waals surface area contributed by atoms with Gasteiger partial charge in [0.25, 0.3) is 0 Å². The summed E-state index contributed by atoms with van der Waals surface area (Å²) in [6, 6.07) is 5.33. The van der Waals surface area contributed by atoms with Crippen LogP contribution >= 0.6 is 0 Å². The smallest absolute Gasteiger partial charge is 0.227 e. The van der Waals surface area contributed by atoms with Crippen molar-refractivity contribution in [3.63, 3.8) is 0 Å². The van der Waals surface area contributed by atoms with Crippen molar-refractivity contribution in [1.29, 1.82) is 0 Å². The van der Waals surface area contributed by atoms with Gasteiger partial charge >= 0.3 is 0 Å². The Morgan fingerprint density at radius 2 is 1.77 bits per heavy atom. The molecule has 3 amide bonds. The highest BCUT2D eigenvalue weighted by Gasteiger charge is 2.36. The second-order valence-electron chi connectivity index (χ2n) is 8.21. The zero-order valence-electron chi connectivity index (χ0n) is 18.1. The van der Waals surface area contributed by atoms with Crippen LogP contribution in [0.1, 0.15) is 33.1 Å². The zero-order chi connectivity index (χ0) is 21.8. The number of hydrogen-bond acceptors (Lipinski definition) is 5. The lowest BCUT2D eigenvalue weighted by atomic mass is 10.0. The molecule has 30 heavy (non-hydrogen) atoms. The number of ether oxygens (including phenoxy) is 2. The van der Waals surface area contributed by atoms with Crippen molar-refractivity contribution in [2.24, 2.45) is 11.8 Å². The standard InChI is InChI=1S/C22H31N3O5/c1-14(2)22(28)24-9-7-16(8-10-24)23-21(27)15-11-20(26)25(13-15)17-5-6-18(29-3)19(12-17)30-4/h5-6,12,14-16H,7-11,13H2,1-4H3,(H,23,27)/t15-/m0/s1. The van der Waals surface area contributed by atoms with E-state index in [9.17, 15) is 14.4 Å². The van der Waals surface area contributed by atoms with Gasteiger partial charge in [0.1, 0.15) is 0 Å². The minimum absolute atomic E-state index is 0.0109. The highest BCUT2D eigenvalue weighted by molar-refractivity contribution is 6.00. The largest absolute Gasteiger partial charge is 0.493 e. The number of nitrogens with one attached hydrogen (secondary N) is 1. The molecule has 8 heteroatoms. The summed E-state index contributed by atoms with van der Waals surface area (Å²) in [6.07, 6.45) is 1.67. The van der Waals surface area contributed by atoms with E-state index in [1.54, 1.807) is 37.3 Å². The summed E-state index contributed by atoms with van der Waals surface area (Å²) in [6.45, 7) is 5.45. The van der Waals surface area contributed by atoms with Crippen molar-refractivity contribution >= 4 is 23.4 Å². The van der Waals surface area contributed by atoms with E-state index in [0.29, 0.717) is 36.8 Å². The molecule has 3 rings (SSSR count). The molecule has 164 valence electrons. The third-order valence-corrected chi connectivity index (χ3v) is 5.82. The lowest BCUT2D eigenvalue weighted by Gasteiger charge is -2.33. The summed E-state index contributed by atoms with van der Waals surface area (Å²) < 4.78 is 10.6. The summed E-state index contributed by atoms with van der Waals surface area (Å²) in [4.78, 5) is 40.9. The number of piperidine rings is 1. The van der Waals surface area contributed by atoms with Crippen LogP contribution in [0.25, 0.3) is 0 Å². The lowest BCUT2D eigenvalue weighted by molar-refractivity contribution is -0.135. The van der Waals surface area contributed by atoms with Gasteiger partial charge in [0.15, 0.2) is 11.5 Å². The molecule has 0 aromatic heterocycles. The van der Waals surface area contributed by atoms with Gasteiger partial charge in [0, 0.05) is 49.8 Å². The molecular weight excluding hydrogens is 386 g/mol. The Labute approximate surface area is 177 Å². The Balaban J connectivity index is 1.56. The van der Waals surface area contributed by atoms with E-state index in [2.05, 4.69) is 5.32 Å². The number of nitrogens with zero attached hydrogens (tertiary/aromatic N) is 2. The fourth-order valence-electron chi connectivity index (χ4n) is 4.05. The van der Waals surface area contributed by atoms with Gasteiger partial charge < -0.3 is 24.6 Å². The third kappa shape index (κ3) is 4.68. The fourth-order valence-corrected chi connectivity index (χ4v) is 4.05. The molecule has 8 nitrogen and oxygen atoms in total. The summed E-state index contributed by atoms with van der Waals surface area (Å²) in [5, 5.41) is 3.08. The molecule has 2 fully saturated rings. The van der Waals surface area contributed by atoms with Crippen molar-refractivity contribution in [2.45, 2.75) is 39.2 Å². The number of rotatable bonds is 6. The van der Waals surface area contributed by atoms with E-state index in [0.717, 1.165) is 12.8 Å². The van der Waals surface area contributed by atoms with Gasteiger partial charge in [-0.15, -0.1) is 0 Å². The fraction of sp³-hybridized carbons (Fsp3) is 0.591. The first kappa shape index (κ1) is 21.9. The molecule has 2 heterocycles. The van der Waals surface area contributed by atoms with Gasteiger partial charge in [-0.3, -0.25) is 14.4 Å². The first-order valence-corrected chi connectivity index (χ1v) is 10.5. The Hall–Kier alpha value is -2.77. The summed E-state index contributed by atoms with van der Waals surface area (Å²) in [5.41, 5.74) is 0.688. The van der Waals surface area contributed by atoms with E-state index in [1.165, 1.54) is 0 Å². The number of anilines is 1. The number of carbonyl (C=O) groups is 3. The van der Waals surface area contributed by atoms with Crippen molar-refractivity contribution in [2.75, 3.05) is 38.8 Å². The summed E-state index contributed by atoms with van der Waals surface area (Å²) >= 11 is 0. The van der Waals surface area contributed by atoms with Crippen LogP contribution in [0.5, 0.6) is 11.5 Å². The highest BCUT2D eigenvalue weighted by Crippen LogP contribution is 2.34. The maximum Gasteiger partial charge on any atom is 0.227 e. The molecule has 0 saturated carbocycles. The maximum atomic E-state index is 12.8.